The van der Waals surface area contributed by atoms with E-state index in [-0.39, 0.29) is 0 Å². The van der Waals surface area contributed by atoms with Crippen LogP contribution >= 0.6 is 0 Å². The van der Waals surface area contributed by atoms with Crippen molar-refractivity contribution in [1.29, 1.82) is 0 Å². The molecular formula is C14H16BNO. The molecular weight excluding hydrogens is 209 g/mol. The summed E-state index contributed by atoms with van der Waals surface area (Å²) in [5.41, 5.74) is 4.77. The summed E-state index contributed by atoms with van der Waals surface area (Å²) in [5.74, 6) is 0. The molecule has 17 heavy (non-hydrogen) atoms. The molecule has 2 nitrogen and oxygen atoms in total. The average Bonchev–Trinajstić information content (AvgIpc) is 2.35. The fourth-order valence-corrected chi connectivity index (χ4v) is 1.70. The standard InChI is InChI=1S/C14H16BNO/c1-11-6-7-12(2)14(9-11)15-17-10-13-5-3-4-8-16-13/h3-9,15H,10H2,1-2H3. The largest absolute Gasteiger partial charge is 0.429 e. The van der Waals surface area contributed by atoms with Crippen LogP contribution in [0.2, 0.25) is 0 Å². The van der Waals surface area contributed by atoms with E-state index >= 15 is 0 Å². The van der Waals surface area contributed by atoms with Crippen molar-refractivity contribution in [3.05, 3.63) is 59.4 Å². The predicted molar refractivity (Wildman–Crippen MR) is 71.7 cm³/mol. The first kappa shape index (κ1) is 11.9. The van der Waals surface area contributed by atoms with Crippen molar-refractivity contribution >= 4 is 12.9 Å². The highest BCUT2D eigenvalue weighted by Crippen LogP contribution is 2.00. The molecule has 2 rings (SSSR count). The van der Waals surface area contributed by atoms with Gasteiger partial charge in [0.2, 0.25) is 0 Å². The van der Waals surface area contributed by atoms with Gasteiger partial charge in [-0.2, -0.15) is 0 Å². The molecule has 0 aliphatic heterocycles. The van der Waals surface area contributed by atoms with Crippen LogP contribution < -0.4 is 5.46 Å². The van der Waals surface area contributed by atoms with Crippen molar-refractivity contribution in [3.63, 3.8) is 0 Å². The van der Waals surface area contributed by atoms with Crippen LogP contribution in [0.4, 0.5) is 0 Å². The Labute approximate surface area is 103 Å². The van der Waals surface area contributed by atoms with Gasteiger partial charge in [0.05, 0.1) is 12.3 Å². The first-order valence-electron chi connectivity index (χ1n) is 5.79. The first-order chi connectivity index (χ1) is 8.25. The Kier molecular flexibility index (Phi) is 3.94. The van der Waals surface area contributed by atoms with Gasteiger partial charge < -0.3 is 4.65 Å². The smallest absolute Gasteiger partial charge is 0.309 e. The Balaban J connectivity index is 1.92. The van der Waals surface area contributed by atoms with Crippen molar-refractivity contribution in [2.24, 2.45) is 0 Å². The third-order valence-corrected chi connectivity index (χ3v) is 2.74. The molecule has 0 atom stereocenters. The fourth-order valence-electron chi connectivity index (χ4n) is 1.70. The Morgan fingerprint density at radius 3 is 2.82 bits per heavy atom. The monoisotopic (exact) mass is 225 g/mol. The molecule has 0 spiro atoms. The van der Waals surface area contributed by atoms with Crippen LogP contribution in [0.5, 0.6) is 0 Å². The lowest BCUT2D eigenvalue weighted by Crippen LogP contribution is -2.20. The molecule has 0 fully saturated rings. The van der Waals surface area contributed by atoms with Crippen LogP contribution in [0.3, 0.4) is 0 Å². The number of hydrogen-bond acceptors (Lipinski definition) is 2. The molecule has 3 heteroatoms. The number of nitrogens with zero attached hydrogens (tertiary/aromatic N) is 1. The third-order valence-electron chi connectivity index (χ3n) is 2.74. The Morgan fingerprint density at radius 2 is 2.06 bits per heavy atom. The molecule has 1 aromatic heterocycles. The minimum Gasteiger partial charge on any atom is -0.429 e. The number of rotatable bonds is 4. The summed E-state index contributed by atoms with van der Waals surface area (Å²) in [6, 6.07) is 12.3. The van der Waals surface area contributed by atoms with Gasteiger partial charge in [-0.1, -0.05) is 35.4 Å². The molecule has 0 radical (unpaired) electrons. The van der Waals surface area contributed by atoms with Crippen LogP contribution in [-0.4, -0.2) is 12.5 Å². The molecule has 0 aliphatic carbocycles. The minimum atomic E-state index is 0.564. The Hall–Kier alpha value is -1.61. The molecule has 0 amide bonds. The van der Waals surface area contributed by atoms with Crippen molar-refractivity contribution in [3.8, 4) is 0 Å². The van der Waals surface area contributed by atoms with E-state index < -0.39 is 0 Å². The number of pyridine rings is 1. The summed E-state index contributed by atoms with van der Waals surface area (Å²) in [4.78, 5) is 4.22. The highest BCUT2D eigenvalue weighted by Gasteiger charge is 2.02. The predicted octanol–water partition coefficient (Wildman–Crippen LogP) is 1.89. The van der Waals surface area contributed by atoms with Crippen LogP contribution in [0.1, 0.15) is 16.8 Å². The maximum Gasteiger partial charge on any atom is 0.309 e. The lowest BCUT2D eigenvalue weighted by Gasteiger charge is -2.06. The quantitative estimate of drug-likeness (QED) is 0.741. The van der Waals surface area contributed by atoms with E-state index in [0.717, 1.165) is 5.69 Å². The van der Waals surface area contributed by atoms with Crippen molar-refractivity contribution in [1.82, 2.24) is 4.98 Å². The van der Waals surface area contributed by atoms with Gasteiger partial charge in [-0.25, -0.2) is 0 Å². The number of aromatic nitrogens is 1. The van der Waals surface area contributed by atoms with E-state index in [1.807, 2.05) is 18.2 Å². The molecule has 0 aliphatic rings. The van der Waals surface area contributed by atoms with Gasteiger partial charge in [0, 0.05) is 6.20 Å². The first-order valence-corrected chi connectivity index (χ1v) is 5.79. The second-order valence-electron chi connectivity index (χ2n) is 4.24. The Morgan fingerprint density at radius 1 is 1.18 bits per heavy atom. The van der Waals surface area contributed by atoms with E-state index in [4.69, 9.17) is 4.65 Å². The maximum atomic E-state index is 5.68. The van der Waals surface area contributed by atoms with Crippen LogP contribution in [0.15, 0.2) is 42.6 Å². The van der Waals surface area contributed by atoms with Gasteiger partial charge in [0.25, 0.3) is 0 Å². The van der Waals surface area contributed by atoms with Crippen LogP contribution in [0, 0.1) is 13.8 Å². The van der Waals surface area contributed by atoms with Gasteiger partial charge in [-0.3, -0.25) is 4.98 Å². The zero-order valence-corrected chi connectivity index (χ0v) is 10.3. The van der Waals surface area contributed by atoms with E-state index in [1.165, 1.54) is 16.6 Å². The molecule has 0 bridgehead atoms. The zero-order valence-electron chi connectivity index (χ0n) is 10.3. The van der Waals surface area contributed by atoms with Gasteiger partial charge in [0.15, 0.2) is 0 Å². The zero-order chi connectivity index (χ0) is 12.1. The van der Waals surface area contributed by atoms with Crippen molar-refractivity contribution in [2.75, 3.05) is 0 Å². The molecule has 0 saturated heterocycles. The van der Waals surface area contributed by atoms with Gasteiger partial charge in [0.1, 0.15) is 0 Å². The highest BCUT2D eigenvalue weighted by molar-refractivity contribution is 6.47. The van der Waals surface area contributed by atoms with E-state index in [2.05, 4.69) is 37.0 Å². The molecule has 1 aromatic carbocycles. The third kappa shape index (κ3) is 3.43. The van der Waals surface area contributed by atoms with E-state index in [1.54, 1.807) is 6.20 Å². The second-order valence-corrected chi connectivity index (χ2v) is 4.24. The number of hydrogen-bond donors (Lipinski definition) is 0. The van der Waals surface area contributed by atoms with Gasteiger partial charge in [-0.15, -0.1) is 0 Å². The van der Waals surface area contributed by atoms with Crippen molar-refractivity contribution < 1.29 is 4.65 Å². The van der Waals surface area contributed by atoms with E-state index in [0.29, 0.717) is 14.1 Å². The number of benzene rings is 1. The highest BCUT2D eigenvalue weighted by atomic mass is 16.4. The molecule has 86 valence electrons. The summed E-state index contributed by atoms with van der Waals surface area (Å²) in [5, 5.41) is 0. The summed E-state index contributed by atoms with van der Waals surface area (Å²) in [6.07, 6.45) is 1.79. The summed E-state index contributed by atoms with van der Waals surface area (Å²) in [6.45, 7) is 4.77. The molecule has 2 aromatic rings. The summed E-state index contributed by atoms with van der Waals surface area (Å²) < 4.78 is 5.68. The minimum absolute atomic E-state index is 0.564. The Bertz CT molecular complexity index is 485. The SMILES string of the molecule is Cc1ccc(C)c(BOCc2ccccn2)c1. The molecule has 1 heterocycles. The maximum absolute atomic E-state index is 5.68. The van der Waals surface area contributed by atoms with Crippen LogP contribution in [0.25, 0.3) is 0 Å². The molecule has 0 unspecified atom stereocenters. The number of aryl methyl sites for hydroxylation is 2. The molecule has 0 N–H and O–H groups in total. The summed E-state index contributed by atoms with van der Waals surface area (Å²) in [7, 11) is 0.643. The lowest BCUT2D eigenvalue weighted by molar-refractivity contribution is 0.325. The van der Waals surface area contributed by atoms with Crippen molar-refractivity contribution in [2.45, 2.75) is 20.5 Å². The van der Waals surface area contributed by atoms with Gasteiger partial charge >= 0.3 is 7.48 Å². The average molecular weight is 225 g/mol. The second kappa shape index (κ2) is 5.64. The topological polar surface area (TPSA) is 22.1 Å². The summed E-state index contributed by atoms with van der Waals surface area (Å²) >= 11 is 0. The normalized spacial score (nSPS) is 10.2. The van der Waals surface area contributed by atoms with E-state index in [9.17, 15) is 0 Å². The fraction of sp³-hybridized carbons (Fsp3) is 0.214. The molecule has 0 saturated carbocycles. The van der Waals surface area contributed by atoms with Crippen LogP contribution in [-0.2, 0) is 11.3 Å². The lowest BCUT2D eigenvalue weighted by atomic mass is 9.83. The van der Waals surface area contributed by atoms with Gasteiger partial charge in [-0.05, 0) is 31.4 Å².